The number of hydrogen-bond acceptors (Lipinski definition) is 5. The normalized spacial score (nSPS) is 21.8. The molecule has 2 atom stereocenters. The third-order valence-electron chi connectivity index (χ3n) is 3.53. The van der Waals surface area contributed by atoms with Crippen molar-refractivity contribution >= 4 is 5.91 Å². The van der Waals surface area contributed by atoms with E-state index in [1.807, 2.05) is 44.2 Å². The van der Waals surface area contributed by atoms with Crippen molar-refractivity contribution in [2.45, 2.75) is 32.6 Å². The lowest BCUT2D eigenvalue weighted by Crippen LogP contribution is -2.49. The Morgan fingerprint density at radius 1 is 1.23 bits per heavy atom. The quantitative estimate of drug-likeness (QED) is 0.845. The van der Waals surface area contributed by atoms with Gasteiger partial charge in [-0.2, -0.15) is 4.80 Å². The van der Waals surface area contributed by atoms with Gasteiger partial charge >= 0.3 is 0 Å². The van der Waals surface area contributed by atoms with Gasteiger partial charge in [0.05, 0.1) is 12.2 Å². The summed E-state index contributed by atoms with van der Waals surface area (Å²) in [6.07, 6.45) is 0.104. The predicted octanol–water partition coefficient (Wildman–Crippen LogP) is 0.976. The summed E-state index contributed by atoms with van der Waals surface area (Å²) in [5, 5.41) is 12.2. The van der Waals surface area contributed by atoms with Crippen LogP contribution in [0, 0.1) is 0 Å². The highest BCUT2D eigenvalue weighted by Crippen LogP contribution is 2.13. The third-order valence-corrected chi connectivity index (χ3v) is 3.53. The van der Waals surface area contributed by atoms with E-state index >= 15 is 0 Å². The first kappa shape index (κ1) is 14.6. The van der Waals surface area contributed by atoms with Crippen molar-refractivity contribution in [3.63, 3.8) is 0 Å². The molecule has 0 bridgehead atoms. The van der Waals surface area contributed by atoms with Crippen LogP contribution < -0.4 is 0 Å². The van der Waals surface area contributed by atoms with Gasteiger partial charge in [0.2, 0.25) is 11.7 Å². The van der Waals surface area contributed by atoms with Gasteiger partial charge in [0.1, 0.15) is 6.54 Å². The molecule has 0 N–H and O–H groups in total. The van der Waals surface area contributed by atoms with Gasteiger partial charge in [0.15, 0.2) is 0 Å². The Hall–Kier alpha value is -2.28. The maximum absolute atomic E-state index is 12.3. The average molecular weight is 301 g/mol. The fourth-order valence-corrected chi connectivity index (χ4v) is 2.62. The zero-order valence-corrected chi connectivity index (χ0v) is 12.7. The number of ether oxygens (including phenoxy) is 1. The van der Waals surface area contributed by atoms with E-state index in [-0.39, 0.29) is 24.7 Å². The molecule has 1 aliphatic heterocycles. The summed E-state index contributed by atoms with van der Waals surface area (Å²) in [5.41, 5.74) is 0.884. The molecule has 1 aromatic heterocycles. The minimum atomic E-state index is -0.0148. The van der Waals surface area contributed by atoms with Gasteiger partial charge in [-0.1, -0.05) is 30.3 Å². The molecule has 1 saturated heterocycles. The molecule has 22 heavy (non-hydrogen) atoms. The number of carbonyl (C=O) groups excluding carboxylic acids is 1. The van der Waals surface area contributed by atoms with Crippen LogP contribution in [0.3, 0.4) is 0 Å². The molecule has 1 amide bonds. The number of amides is 1. The number of tetrazole rings is 1. The van der Waals surface area contributed by atoms with E-state index in [0.29, 0.717) is 18.9 Å². The van der Waals surface area contributed by atoms with Crippen molar-refractivity contribution in [3.8, 4) is 11.4 Å². The van der Waals surface area contributed by atoms with E-state index in [2.05, 4.69) is 15.4 Å². The second-order valence-corrected chi connectivity index (χ2v) is 5.57. The zero-order valence-electron chi connectivity index (χ0n) is 12.7. The van der Waals surface area contributed by atoms with Crippen LogP contribution in [0.15, 0.2) is 30.3 Å². The molecule has 0 spiro atoms. The van der Waals surface area contributed by atoms with Gasteiger partial charge in [-0.25, -0.2) is 0 Å². The van der Waals surface area contributed by atoms with Crippen molar-refractivity contribution in [1.82, 2.24) is 25.1 Å². The van der Waals surface area contributed by atoms with E-state index in [9.17, 15) is 4.79 Å². The van der Waals surface area contributed by atoms with Crippen molar-refractivity contribution in [2.75, 3.05) is 13.1 Å². The molecule has 7 heteroatoms. The Morgan fingerprint density at radius 3 is 2.59 bits per heavy atom. The lowest BCUT2D eigenvalue weighted by atomic mass is 10.2. The molecule has 7 nitrogen and oxygen atoms in total. The van der Waals surface area contributed by atoms with Crippen LogP contribution >= 0.6 is 0 Å². The molecule has 0 radical (unpaired) electrons. The molecule has 0 unspecified atom stereocenters. The molecule has 2 aromatic rings. The third kappa shape index (κ3) is 3.30. The van der Waals surface area contributed by atoms with E-state index < -0.39 is 0 Å². The van der Waals surface area contributed by atoms with Crippen LogP contribution in [0.4, 0.5) is 0 Å². The Labute approximate surface area is 128 Å². The number of morpholine rings is 1. The standard InChI is InChI=1S/C15H19N5O2/c1-11-8-19(9-12(2)22-11)14(21)10-20-17-15(16-18-20)13-6-4-3-5-7-13/h3-7,11-12H,8-10H2,1-2H3/t11-,12-/m1/s1. The lowest BCUT2D eigenvalue weighted by Gasteiger charge is -2.35. The van der Waals surface area contributed by atoms with E-state index in [1.165, 1.54) is 4.80 Å². The SMILES string of the molecule is C[C@@H]1CN(C(=O)Cn2nnc(-c3ccccc3)n2)C[C@@H](C)O1. The van der Waals surface area contributed by atoms with Crippen molar-refractivity contribution < 1.29 is 9.53 Å². The largest absolute Gasteiger partial charge is 0.372 e. The van der Waals surface area contributed by atoms with Crippen LogP contribution in [-0.4, -0.2) is 56.3 Å². The highest BCUT2D eigenvalue weighted by Gasteiger charge is 2.26. The van der Waals surface area contributed by atoms with Crippen molar-refractivity contribution in [2.24, 2.45) is 0 Å². The molecule has 1 fully saturated rings. The minimum absolute atomic E-state index is 0.0148. The summed E-state index contributed by atoms with van der Waals surface area (Å²) < 4.78 is 5.63. The number of nitrogens with zero attached hydrogens (tertiary/aromatic N) is 5. The second kappa shape index (κ2) is 6.23. The lowest BCUT2D eigenvalue weighted by molar-refractivity contribution is -0.144. The zero-order chi connectivity index (χ0) is 15.5. The predicted molar refractivity (Wildman–Crippen MR) is 79.8 cm³/mol. The molecular formula is C15H19N5O2. The van der Waals surface area contributed by atoms with Crippen LogP contribution in [0.25, 0.3) is 11.4 Å². The van der Waals surface area contributed by atoms with Crippen molar-refractivity contribution in [1.29, 1.82) is 0 Å². The van der Waals surface area contributed by atoms with Gasteiger partial charge in [-0.05, 0) is 19.1 Å². The Bertz CT molecular complexity index is 632. The summed E-state index contributed by atoms with van der Waals surface area (Å²) in [7, 11) is 0. The van der Waals surface area contributed by atoms with Crippen LogP contribution in [-0.2, 0) is 16.1 Å². The van der Waals surface area contributed by atoms with E-state index in [1.54, 1.807) is 4.90 Å². The van der Waals surface area contributed by atoms with Crippen molar-refractivity contribution in [3.05, 3.63) is 30.3 Å². The molecule has 2 heterocycles. The summed E-state index contributed by atoms with van der Waals surface area (Å²) in [6.45, 7) is 5.24. The van der Waals surface area contributed by atoms with Gasteiger partial charge in [0, 0.05) is 18.7 Å². The number of hydrogen-bond donors (Lipinski definition) is 0. The Balaban J connectivity index is 1.66. The van der Waals surface area contributed by atoms with Crippen LogP contribution in [0.1, 0.15) is 13.8 Å². The molecule has 0 saturated carbocycles. The maximum atomic E-state index is 12.3. The molecule has 0 aliphatic carbocycles. The average Bonchev–Trinajstić information content (AvgIpc) is 2.95. The number of benzene rings is 1. The summed E-state index contributed by atoms with van der Waals surface area (Å²) >= 11 is 0. The first-order chi connectivity index (χ1) is 10.6. The molecule has 116 valence electrons. The molecule has 1 aromatic carbocycles. The first-order valence-electron chi connectivity index (χ1n) is 7.38. The summed E-state index contributed by atoms with van der Waals surface area (Å²) in [5.74, 6) is 0.510. The molecule has 3 rings (SSSR count). The highest BCUT2D eigenvalue weighted by molar-refractivity contribution is 5.76. The highest BCUT2D eigenvalue weighted by atomic mass is 16.5. The van der Waals surface area contributed by atoms with Gasteiger partial charge in [-0.3, -0.25) is 4.79 Å². The number of aromatic nitrogens is 4. The van der Waals surface area contributed by atoms with E-state index in [4.69, 9.17) is 4.74 Å². The summed E-state index contributed by atoms with van der Waals surface area (Å²) in [4.78, 5) is 15.5. The molecular weight excluding hydrogens is 282 g/mol. The minimum Gasteiger partial charge on any atom is -0.372 e. The summed E-state index contributed by atoms with van der Waals surface area (Å²) in [6, 6.07) is 9.58. The van der Waals surface area contributed by atoms with Gasteiger partial charge in [-0.15, -0.1) is 10.2 Å². The first-order valence-corrected chi connectivity index (χ1v) is 7.38. The fourth-order valence-electron chi connectivity index (χ4n) is 2.62. The van der Waals surface area contributed by atoms with Crippen LogP contribution in [0.5, 0.6) is 0 Å². The van der Waals surface area contributed by atoms with Gasteiger partial charge < -0.3 is 9.64 Å². The van der Waals surface area contributed by atoms with E-state index in [0.717, 1.165) is 5.56 Å². The smallest absolute Gasteiger partial charge is 0.246 e. The second-order valence-electron chi connectivity index (χ2n) is 5.57. The van der Waals surface area contributed by atoms with Crippen LogP contribution in [0.2, 0.25) is 0 Å². The fraction of sp³-hybridized carbons (Fsp3) is 0.467. The maximum Gasteiger partial charge on any atom is 0.246 e. The monoisotopic (exact) mass is 301 g/mol. The van der Waals surface area contributed by atoms with Gasteiger partial charge in [0.25, 0.3) is 0 Å². The number of carbonyl (C=O) groups is 1. The Kier molecular flexibility index (Phi) is 4.15. The number of rotatable bonds is 3. The Morgan fingerprint density at radius 2 is 1.91 bits per heavy atom. The topological polar surface area (TPSA) is 73.1 Å². The molecule has 1 aliphatic rings.